The first-order chi connectivity index (χ1) is 6.14. The number of aromatic nitrogens is 1. The number of nitrogens with two attached hydrogens (primary N) is 1. The lowest BCUT2D eigenvalue weighted by Gasteiger charge is -2.01. The number of rotatable bonds is 5. The van der Waals surface area contributed by atoms with Crippen molar-refractivity contribution in [1.29, 1.82) is 0 Å². The SMILES string of the molecule is NCCS(=O)(=O)NCc1ccno1. The van der Waals surface area contributed by atoms with Gasteiger partial charge in [0.15, 0.2) is 5.76 Å². The van der Waals surface area contributed by atoms with Gasteiger partial charge in [-0.1, -0.05) is 5.16 Å². The van der Waals surface area contributed by atoms with Crippen molar-refractivity contribution in [2.24, 2.45) is 5.73 Å². The lowest BCUT2D eigenvalue weighted by Crippen LogP contribution is -2.29. The largest absolute Gasteiger partial charge is 0.360 e. The molecule has 0 bridgehead atoms. The molecule has 74 valence electrons. The van der Waals surface area contributed by atoms with E-state index in [2.05, 4.69) is 9.88 Å². The van der Waals surface area contributed by atoms with E-state index < -0.39 is 10.0 Å². The minimum Gasteiger partial charge on any atom is -0.360 e. The molecule has 13 heavy (non-hydrogen) atoms. The standard InChI is InChI=1S/C6H11N3O3S/c7-2-4-13(10,11)9-5-6-1-3-8-12-6/h1,3,9H,2,4-5,7H2. The maximum Gasteiger partial charge on any atom is 0.213 e. The molecule has 7 heteroatoms. The summed E-state index contributed by atoms with van der Waals surface area (Å²) >= 11 is 0. The van der Waals surface area contributed by atoms with Crippen molar-refractivity contribution in [3.63, 3.8) is 0 Å². The van der Waals surface area contributed by atoms with Crippen LogP contribution in [0.1, 0.15) is 5.76 Å². The lowest BCUT2D eigenvalue weighted by atomic mass is 10.5. The van der Waals surface area contributed by atoms with Gasteiger partial charge in [-0.3, -0.25) is 0 Å². The Bertz CT molecular complexity index is 332. The molecule has 0 unspecified atom stereocenters. The average molecular weight is 205 g/mol. The lowest BCUT2D eigenvalue weighted by molar-refractivity contribution is 0.380. The maximum absolute atomic E-state index is 11.1. The Hall–Kier alpha value is -0.920. The van der Waals surface area contributed by atoms with Crippen LogP contribution < -0.4 is 10.5 Å². The second kappa shape index (κ2) is 4.35. The van der Waals surface area contributed by atoms with E-state index >= 15 is 0 Å². The summed E-state index contributed by atoms with van der Waals surface area (Å²) in [5, 5.41) is 3.43. The fourth-order valence-electron chi connectivity index (χ4n) is 0.742. The molecule has 1 aromatic heterocycles. The number of hydrogen-bond acceptors (Lipinski definition) is 5. The molecule has 0 aliphatic rings. The molecule has 0 saturated carbocycles. The van der Waals surface area contributed by atoms with E-state index in [1.54, 1.807) is 6.07 Å². The van der Waals surface area contributed by atoms with E-state index in [-0.39, 0.29) is 18.8 Å². The van der Waals surface area contributed by atoms with Gasteiger partial charge in [0.1, 0.15) is 0 Å². The van der Waals surface area contributed by atoms with Crippen LogP contribution in [0, 0.1) is 0 Å². The summed E-state index contributed by atoms with van der Waals surface area (Å²) in [7, 11) is -3.27. The summed E-state index contributed by atoms with van der Waals surface area (Å²) in [5.41, 5.74) is 5.11. The molecule has 0 aliphatic carbocycles. The molecule has 0 spiro atoms. The van der Waals surface area contributed by atoms with Crippen molar-refractivity contribution in [2.45, 2.75) is 6.54 Å². The molecule has 1 heterocycles. The third-order valence-corrected chi connectivity index (χ3v) is 2.70. The van der Waals surface area contributed by atoms with Crippen LogP contribution in [0.25, 0.3) is 0 Å². The van der Waals surface area contributed by atoms with Crippen molar-refractivity contribution < 1.29 is 12.9 Å². The molecule has 1 rings (SSSR count). The molecular formula is C6H11N3O3S. The summed E-state index contributed by atoms with van der Waals surface area (Å²) in [6, 6.07) is 1.59. The van der Waals surface area contributed by atoms with Crippen LogP contribution in [-0.2, 0) is 16.6 Å². The smallest absolute Gasteiger partial charge is 0.213 e. The summed E-state index contributed by atoms with van der Waals surface area (Å²) < 4.78 is 29.2. The van der Waals surface area contributed by atoms with E-state index in [1.807, 2.05) is 0 Å². The first-order valence-corrected chi connectivity index (χ1v) is 5.36. The molecular weight excluding hydrogens is 194 g/mol. The highest BCUT2D eigenvalue weighted by molar-refractivity contribution is 7.89. The third kappa shape index (κ3) is 3.53. The first-order valence-electron chi connectivity index (χ1n) is 3.71. The number of nitrogens with zero attached hydrogens (tertiary/aromatic N) is 1. The van der Waals surface area contributed by atoms with Crippen molar-refractivity contribution in [3.8, 4) is 0 Å². The molecule has 0 amide bonds. The topological polar surface area (TPSA) is 98.2 Å². The molecule has 0 aliphatic heterocycles. The average Bonchev–Trinajstić information content (AvgIpc) is 2.52. The van der Waals surface area contributed by atoms with Gasteiger partial charge in [-0.05, 0) is 0 Å². The second-order valence-corrected chi connectivity index (χ2v) is 4.33. The maximum atomic E-state index is 11.1. The van der Waals surface area contributed by atoms with Crippen LogP contribution in [0.5, 0.6) is 0 Å². The molecule has 1 aromatic rings. The van der Waals surface area contributed by atoms with Crippen molar-refractivity contribution in [1.82, 2.24) is 9.88 Å². The van der Waals surface area contributed by atoms with Gasteiger partial charge in [-0.25, -0.2) is 13.1 Å². The van der Waals surface area contributed by atoms with Crippen LogP contribution in [-0.4, -0.2) is 25.9 Å². The normalized spacial score (nSPS) is 11.8. The molecule has 0 radical (unpaired) electrons. The summed E-state index contributed by atoms with van der Waals surface area (Å²) in [6.45, 7) is 0.216. The highest BCUT2D eigenvalue weighted by Crippen LogP contribution is 1.96. The number of hydrogen-bond donors (Lipinski definition) is 2. The molecule has 0 fully saturated rings. The van der Waals surface area contributed by atoms with Crippen LogP contribution in [0.15, 0.2) is 16.8 Å². The fourth-order valence-corrected chi connectivity index (χ4v) is 1.56. The van der Waals surface area contributed by atoms with Gasteiger partial charge < -0.3 is 10.3 Å². The predicted molar refractivity (Wildman–Crippen MR) is 46.2 cm³/mol. The Labute approximate surface area is 76.1 Å². The fraction of sp³-hybridized carbons (Fsp3) is 0.500. The Morgan fingerprint density at radius 3 is 2.92 bits per heavy atom. The second-order valence-electron chi connectivity index (χ2n) is 2.41. The predicted octanol–water partition coefficient (Wildman–Crippen LogP) is -0.947. The van der Waals surface area contributed by atoms with Gasteiger partial charge in [0.05, 0.1) is 18.5 Å². The zero-order chi connectivity index (χ0) is 9.73. The van der Waals surface area contributed by atoms with E-state index in [1.165, 1.54) is 6.20 Å². The summed E-state index contributed by atoms with van der Waals surface area (Å²) in [4.78, 5) is 0. The molecule has 6 nitrogen and oxygen atoms in total. The van der Waals surface area contributed by atoms with Crippen LogP contribution >= 0.6 is 0 Å². The van der Waals surface area contributed by atoms with E-state index in [4.69, 9.17) is 10.3 Å². The van der Waals surface area contributed by atoms with E-state index in [0.717, 1.165) is 0 Å². The summed E-state index contributed by atoms with van der Waals surface area (Å²) in [5.74, 6) is 0.391. The third-order valence-electron chi connectivity index (χ3n) is 1.34. The van der Waals surface area contributed by atoms with Crippen molar-refractivity contribution in [3.05, 3.63) is 18.0 Å². The van der Waals surface area contributed by atoms with Gasteiger partial charge in [-0.15, -0.1) is 0 Å². The van der Waals surface area contributed by atoms with E-state index in [9.17, 15) is 8.42 Å². The van der Waals surface area contributed by atoms with Crippen LogP contribution in [0.3, 0.4) is 0 Å². The number of nitrogens with one attached hydrogen (secondary N) is 1. The summed E-state index contributed by atoms with van der Waals surface area (Å²) in [6.07, 6.45) is 1.45. The van der Waals surface area contributed by atoms with Crippen LogP contribution in [0.2, 0.25) is 0 Å². The molecule has 0 saturated heterocycles. The highest BCUT2D eigenvalue weighted by Gasteiger charge is 2.08. The van der Waals surface area contributed by atoms with Crippen molar-refractivity contribution >= 4 is 10.0 Å². The minimum atomic E-state index is -3.27. The molecule has 0 atom stereocenters. The van der Waals surface area contributed by atoms with Gasteiger partial charge >= 0.3 is 0 Å². The Kier molecular flexibility index (Phi) is 3.40. The van der Waals surface area contributed by atoms with Gasteiger partial charge in [0.25, 0.3) is 0 Å². The van der Waals surface area contributed by atoms with E-state index in [0.29, 0.717) is 5.76 Å². The van der Waals surface area contributed by atoms with Crippen molar-refractivity contribution in [2.75, 3.05) is 12.3 Å². The number of sulfonamides is 1. The Balaban J connectivity index is 2.43. The Morgan fingerprint density at radius 1 is 1.62 bits per heavy atom. The zero-order valence-corrected chi connectivity index (χ0v) is 7.75. The quantitative estimate of drug-likeness (QED) is 0.646. The van der Waals surface area contributed by atoms with Gasteiger partial charge in [0.2, 0.25) is 10.0 Å². The molecule has 3 N–H and O–H groups in total. The minimum absolute atomic E-state index is 0.0822. The monoisotopic (exact) mass is 205 g/mol. The highest BCUT2D eigenvalue weighted by atomic mass is 32.2. The zero-order valence-electron chi connectivity index (χ0n) is 6.93. The molecule has 0 aromatic carbocycles. The van der Waals surface area contributed by atoms with Crippen LogP contribution in [0.4, 0.5) is 0 Å². The first kappa shape index (κ1) is 10.2. The van der Waals surface area contributed by atoms with Gasteiger partial charge in [-0.2, -0.15) is 0 Å². The van der Waals surface area contributed by atoms with Gasteiger partial charge in [0, 0.05) is 12.6 Å². The Morgan fingerprint density at radius 2 is 2.38 bits per heavy atom.